The van der Waals surface area contributed by atoms with Crippen molar-refractivity contribution in [3.8, 4) is 0 Å². The van der Waals surface area contributed by atoms with Crippen molar-refractivity contribution in [3.63, 3.8) is 0 Å². The Morgan fingerprint density at radius 3 is 3.00 bits per heavy atom. The van der Waals surface area contributed by atoms with Gasteiger partial charge < -0.3 is 5.11 Å². The Bertz CT molecular complexity index is 317. The number of hydrogen-bond acceptors (Lipinski definition) is 2. The zero-order chi connectivity index (χ0) is 9.68. The monoisotopic (exact) mass is 260 g/mol. The number of thiophene rings is 1. The van der Waals surface area contributed by atoms with E-state index < -0.39 is 5.97 Å². The number of halogens is 1. The molecule has 1 N–H and O–H groups in total. The van der Waals surface area contributed by atoms with Crippen molar-refractivity contribution in [2.24, 2.45) is 0 Å². The molecule has 0 unspecified atom stereocenters. The Morgan fingerprint density at radius 2 is 2.38 bits per heavy atom. The molecule has 1 rings (SSSR count). The van der Waals surface area contributed by atoms with Crippen molar-refractivity contribution in [3.05, 3.63) is 28.0 Å². The van der Waals surface area contributed by atoms with Crippen LogP contribution in [0.4, 0.5) is 0 Å². The van der Waals surface area contributed by atoms with Crippen LogP contribution >= 0.6 is 27.3 Å². The molecule has 0 radical (unpaired) electrons. The minimum Gasteiger partial charge on any atom is -0.478 e. The first kappa shape index (κ1) is 10.5. The SMILES string of the molecule is O=C(O)c1cscc1C=CCCBr. The summed E-state index contributed by atoms with van der Waals surface area (Å²) in [6, 6.07) is 0. The smallest absolute Gasteiger partial charge is 0.337 e. The van der Waals surface area contributed by atoms with Crippen LogP contribution in [-0.2, 0) is 0 Å². The van der Waals surface area contributed by atoms with Crippen molar-refractivity contribution in [1.82, 2.24) is 0 Å². The van der Waals surface area contributed by atoms with Crippen LogP contribution in [-0.4, -0.2) is 16.4 Å². The molecule has 0 bridgehead atoms. The lowest BCUT2D eigenvalue weighted by atomic mass is 10.2. The van der Waals surface area contributed by atoms with Crippen molar-refractivity contribution >= 4 is 39.3 Å². The summed E-state index contributed by atoms with van der Waals surface area (Å²) in [6.45, 7) is 0. The van der Waals surface area contributed by atoms with E-state index in [0.717, 1.165) is 17.3 Å². The predicted molar refractivity (Wildman–Crippen MR) is 58.7 cm³/mol. The Morgan fingerprint density at radius 1 is 1.62 bits per heavy atom. The van der Waals surface area contributed by atoms with Crippen LogP contribution in [0.2, 0.25) is 0 Å². The van der Waals surface area contributed by atoms with Crippen LogP contribution < -0.4 is 0 Å². The first-order valence-electron chi connectivity index (χ1n) is 3.77. The van der Waals surface area contributed by atoms with Gasteiger partial charge in [0.2, 0.25) is 0 Å². The number of aromatic carboxylic acids is 1. The number of allylic oxidation sites excluding steroid dienone is 1. The Kier molecular flexibility index (Phi) is 4.18. The summed E-state index contributed by atoms with van der Waals surface area (Å²) >= 11 is 4.70. The third-order valence-electron chi connectivity index (χ3n) is 1.50. The standard InChI is InChI=1S/C9H9BrO2S/c10-4-2-1-3-7-5-13-6-8(7)9(11)12/h1,3,5-6H,2,4H2,(H,11,12). The van der Waals surface area contributed by atoms with Crippen LogP contribution in [0.5, 0.6) is 0 Å². The van der Waals surface area contributed by atoms with E-state index in [1.807, 2.05) is 17.5 Å². The maximum atomic E-state index is 10.7. The topological polar surface area (TPSA) is 37.3 Å². The number of hydrogen-bond donors (Lipinski definition) is 1. The van der Waals surface area contributed by atoms with Crippen LogP contribution in [0.3, 0.4) is 0 Å². The van der Waals surface area contributed by atoms with Gasteiger partial charge in [0.1, 0.15) is 0 Å². The number of carbonyl (C=O) groups is 1. The molecule has 0 aliphatic rings. The largest absolute Gasteiger partial charge is 0.478 e. The molecule has 70 valence electrons. The molecule has 0 saturated carbocycles. The summed E-state index contributed by atoms with van der Waals surface area (Å²) in [5.74, 6) is -0.861. The highest BCUT2D eigenvalue weighted by Crippen LogP contribution is 2.16. The average Bonchev–Trinajstić information content (AvgIpc) is 2.53. The molecule has 0 aliphatic heterocycles. The predicted octanol–water partition coefficient (Wildman–Crippen LogP) is 3.24. The molecule has 1 aromatic rings. The van der Waals surface area contributed by atoms with Crippen LogP contribution in [0.15, 0.2) is 16.8 Å². The summed E-state index contributed by atoms with van der Waals surface area (Å²) in [5, 5.41) is 13.2. The van der Waals surface area contributed by atoms with Crippen LogP contribution in [0.1, 0.15) is 22.3 Å². The van der Waals surface area contributed by atoms with E-state index in [2.05, 4.69) is 15.9 Å². The molecule has 0 atom stereocenters. The molecule has 0 aromatic carbocycles. The first-order valence-corrected chi connectivity index (χ1v) is 5.84. The summed E-state index contributed by atoms with van der Waals surface area (Å²) in [5.41, 5.74) is 1.18. The van der Waals surface area contributed by atoms with Crippen molar-refractivity contribution in [2.75, 3.05) is 5.33 Å². The molecule has 2 nitrogen and oxygen atoms in total. The molecule has 13 heavy (non-hydrogen) atoms. The fourth-order valence-electron chi connectivity index (χ4n) is 0.883. The maximum Gasteiger partial charge on any atom is 0.337 e. The molecule has 0 saturated heterocycles. The number of carboxylic acid groups (broad SMARTS) is 1. The van der Waals surface area contributed by atoms with Gasteiger partial charge >= 0.3 is 5.97 Å². The number of rotatable bonds is 4. The van der Waals surface area contributed by atoms with E-state index in [0.29, 0.717) is 5.56 Å². The highest BCUT2D eigenvalue weighted by atomic mass is 79.9. The van der Waals surface area contributed by atoms with E-state index in [4.69, 9.17) is 5.11 Å². The molecule has 0 aliphatic carbocycles. The molecule has 4 heteroatoms. The quantitative estimate of drug-likeness (QED) is 0.845. The third-order valence-corrected chi connectivity index (χ3v) is 2.72. The van der Waals surface area contributed by atoms with Gasteiger partial charge in [-0.05, 0) is 17.4 Å². The molecule has 0 amide bonds. The van der Waals surface area contributed by atoms with Crippen LogP contribution in [0.25, 0.3) is 6.08 Å². The summed E-state index contributed by atoms with van der Waals surface area (Å²) in [4.78, 5) is 10.7. The van der Waals surface area contributed by atoms with Crippen LogP contribution in [0, 0.1) is 0 Å². The molecular formula is C9H9BrO2S. The Hall–Kier alpha value is -0.610. The Labute approximate surface area is 89.0 Å². The molecular weight excluding hydrogens is 252 g/mol. The van der Waals surface area contributed by atoms with Gasteiger partial charge in [-0.3, -0.25) is 0 Å². The second kappa shape index (κ2) is 5.19. The van der Waals surface area contributed by atoms with Gasteiger partial charge in [0, 0.05) is 10.7 Å². The zero-order valence-corrected chi connectivity index (χ0v) is 9.27. The zero-order valence-electron chi connectivity index (χ0n) is 6.87. The lowest BCUT2D eigenvalue weighted by Crippen LogP contribution is -1.95. The second-order valence-electron chi connectivity index (χ2n) is 2.43. The van der Waals surface area contributed by atoms with Gasteiger partial charge in [-0.2, -0.15) is 11.3 Å². The van der Waals surface area contributed by atoms with E-state index in [-0.39, 0.29) is 0 Å². The Balaban J connectivity index is 2.76. The molecule has 0 fully saturated rings. The number of alkyl halides is 1. The van der Waals surface area contributed by atoms with Crippen molar-refractivity contribution in [2.45, 2.75) is 6.42 Å². The van der Waals surface area contributed by atoms with Gasteiger partial charge in [0.05, 0.1) is 5.56 Å². The van der Waals surface area contributed by atoms with Gasteiger partial charge in [0.25, 0.3) is 0 Å². The minimum atomic E-state index is -0.861. The van der Waals surface area contributed by atoms with Gasteiger partial charge in [-0.15, -0.1) is 0 Å². The lowest BCUT2D eigenvalue weighted by molar-refractivity contribution is 0.0697. The minimum absolute atomic E-state index is 0.385. The number of carboxylic acids is 1. The maximum absolute atomic E-state index is 10.7. The second-order valence-corrected chi connectivity index (χ2v) is 3.96. The molecule has 1 heterocycles. The first-order chi connectivity index (χ1) is 6.25. The van der Waals surface area contributed by atoms with Gasteiger partial charge in [0.15, 0.2) is 0 Å². The van der Waals surface area contributed by atoms with E-state index in [1.165, 1.54) is 11.3 Å². The third kappa shape index (κ3) is 2.97. The normalized spacial score (nSPS) is 10.8. The lowest BCUT2D eigenvalue weighted by Gasteiger charge is -1.91. The average molecular weight is 261 g/mol. The van der Waals surface area contributed by atoms with Crippen molar-refractivity contribution in [1.29, 1.82) is 0 Å². The fraction of sp³-hybridized carbons (Fsp3) is 0.222. The summed E-state index contributed by atoms with van der Waals surface area (Å²) < 4.78 is 0. The summed E-state index contributed by atoms with van der Waals surface area (Å²) in [7, 11) is 0. The summed E-state index contributed by atoms with van der Waals surface area (Å²) in [6.07, 6.45) is 4.72. The van der Waals surface area contributed by atoms with E-state index in [9.17, 15) is 4.79 Å². The fourth-order valence-corrected chi connectivity index (χ4v) is 1.94. The molecule has 1 aromatic heterocycles. The van der Waals surface area contributed by atoms with E-state index >= 15 is 0 Å². The highest BCUT2D eigenvalue weighted by molar-refractivity contribution is 9.09. The van der Waals surface area contributed by atoms with Crippen molar-refractivity contribution < 1.29 is 9.90 Å². The van der Waals surface area contributed by atoms with Gasteiger partial charge in [-0.25, -0.2) is 4.79 Å². The molecule has 0 spiro atoms. The van der Waals surface area contributed by atoms with Gasteiger partial charge in [-0.1, -0.05) is 28.1 Å². The van der Waals surface area contributed by atoms with E-state index in [1.54, 1.807) is 5.38 Å². The highest BCUT2D eigenvalue weighted by Gasteiger charge is 2.07.